The van der Waals surface area contributed by atoms with Crippen molar-refractivity contribution in [3.05, 3.63) is 91.1 Å². The number of hydrogen-bond acceptors (Lipinski definition) is 8. The number of aromatic nitrogens is 2. The number of fused-ring (bicyclic) bond motifs is 3. The molecule has 0 unspecified atom stereocenters. The number of nitro groups is 1. The number of hydrazone groups is 1. The van der Waals surface area contributed by atoms with Crippen LogP contribution in [0.3, 0.4) is 0 Å². The first-order valence-corrected chi connectivity index (χ1v) is 13.6. The molecule has 2 aromatic heterocycles. The van der Waals surface area contributed by atoms with Crippen molar-refractivity contribution in [2.24, 2.45) is 5.10 Å². The molecular weight excluding hydrogens is 510 g/mol. The van der Waals surface area contributed by atoms with E-state index < -0.39 is 4.92 Å². The molecule has 1 aliphatic rings. The van der Waals surface area contributed by atoms with E-state index in [4.69, 9.17) is 4.98 Å². The molecule has 2 aromatic carbocycles. The first-order chi connectivity index (χ1) is 17.9. The summed E-state index contributed by atoms with van der Waals surface area (Å²) in [5, 5.41) is 16.1. The van der Waals surface area contributed by atoms with Gasteiger partial charge in [-0.3, -0.25) is 24.3 Å². The number of benzene rings is 2. The number of nitro benzene ring substituents is 1. The summed E-state index contributed by atoms with van der Waals surface area (Å²) in [6.45, 7) is 1.70. The summed E-state index contributed by atoms with van der Waals surface area (Å²) in [5.41, 5.74) is 5.39. The maximum absolute atomic E-state index is 13.7. The van der Waals surface area contributed by atoms with E-state index >= 15 is 0 Å². The van der Waals surface area contributed by atoms with Gasteiger partial charge in [-0.05, 0) is 68.0 Å². The van der Waals surface area contributed by atoms with E-state index in [1.54, 1.807) is 35.0 Å². The Morgan fingerprint density at radius 1 is 1.16 bits per heavy atom. The zero-order valence-electron chi connectivity index (χ0n) is 20.0. The molecule has 0 aliphatic heterocycles. The summed E-state index contributed by atoms with van der Waals surface area (Å²) >= 11 is 2.76. The third kappa shape index (κ3) is 5.18. The van der Waals surface area contributed by atoms with E-state index in [0.717, 1.165) is 36.1 Å². The normalized spacial score (nSPS) is 13.4. The molecule has 0 spiro atoms. The predicted octanol–water partition coefficient (Wildman–Crippen LogP) is 4.87. The molecule has 2 heterocycles. The van der Waals surface area contributed by atoms with Gasteiger partial charge in [0, 0.05) is 17.0 Å². The number of hydrogen-bond donors (Lipinski definition) is 1. The number of thioether (sulfide) groups is 1. The Kier molecular flexibility index (Phi) is 7.15. The average Bonchev–Trinajstić information content (AvgIpc) is 3.29. The van der Waals surface area contributed by atoms with E-state index in [1.165, 1.54) is 28.8 Å². The molecule has 5 rings (SSSR count). The van der Waals surface area contributed by atoms with Gasteiger partial charge >= 0.3 is 0 Å². The number of rotatable bonds is 7. The second-order valence-electron chi connectivity index (χ2n) is 8.59. The highest BCUT2D eigenvalue weighted by Crippen LogP contribution is 2.35. The summed E-state index contributed by atoms with van der Waals surface area (Å²) in [6.07, 6.45) is 4.05. The van der Waals surface area contributed by atoms with Crippen LogP contribution in [0, 0.1) is 10.1 Å². The summed E-state index contributed by atoms with van der Waals surface area (Å²) in [4.78, 5) is 43.5. The minimum atomic E-state index is -0.471. The predicted molar refractivity (Wildman–Crippen MR) is 146 cm³/mol. The largest absolute Gasteiger partial charge is 0.272 e. The molecule has 1 amide bonds. The average molecular weight is 534 g/mol. The monoisotopic (exact) mass is 533 g/mol. The lowest BCUT2D eigenvalue weighted by molar-refractivity contribution is -0.384. The van der Waals surface area contributed by atoms with Crippen LogP contribution in [-0.4, -0.2) is 31.8 Å². The zero-order valence-corrected chi connectivity index (χ0v) is 21.6. The van der Waals surface area contributed by atoms with Crippen molar-refractivity contribution in [2.45, 2.75) is 37.8 Å². The number of para-hydroxylation sites is 1. The number of carbonyl (C=O) groups excluding carboxylic acids is 1. The molecule has 0 bridgehead atoms. The number of aryl methyl sites for hydroxylation is 2. The minimum absolute atomic E-state index is 0.00686. The zero-order chi connectivity index (χ0) is 25.9. The van der Waals surface area contributed by atoms with Gasteiger partial charge in [0.25, 0.3) is 17.2 Å². The summed E-state index contributed by atoms with van der Waals surface area (Å²) in [6, 6.07) is 15.3. The van der Waals surface area contributed by atoms with Gasteiger partial charge in [0.2, 0.25) is 0 Å². The molecule has 11 heteroatoms. The summed E-state index contributed by atoms with van der Waals surface area (Å²) < 4.78 is 1.59. The SMILES string of the molecule is C/C(=N/NC(=O)CSc1nc2sc3c(c2c(=O)n1-c1ccccc1)CCCC3)c1ccc([N+](=O)[O-])cc1. The van der Waals surface area contributed by atoms with Gasteiger partial charge in [0.1, 0.15) is 4.83 Å². The quantitative estimate of drug-likeness (QED) is 0.119. The molecule has 1 aliphatic carbocycles. The van der Waals surface area contributed by atoms with Gasteiger partial charge in [-0.1, -0.05) is 30.0 Å². The van der Waals surface area contributed by atoms with Crippen LogP contribution in [0.5, 0.6) is 0 Å². The van der Waals surface area contributed by atoms with Crippen LogP contribution >= 0.6 is 23.1 Å². The molecule has 1 N–H and O–H groups in total. The Labute approximate surface area is 220 Å². The van der Waals surface area contributed by atoms with E-state index in [0.29, 0.717) is 27.5 Å². The maximum atomic E-state index is 13.7. The molecule has 4 aromatic rings. The lowest BCUT2D eigenvalue weighted by atomic mass is 9.97. The second kappa shape index (κ2) is 10.7. The van der Waals surface area contributed by atoms with Crippen molar-refractivity contribution < 1.29 is 9.72 Å². The number of nitrogens with one attached hydrogen (secondary N) is 1. The molecule has 0 saturated heterocycles. The number of amides is 1. The van der Waals surface area contributed by atoms with Gasteiger partial charge in [0.15, 0.2) is 5.16 Å². The van der Waals surface area contributed by atoms with Crippen molar-refractivity contribution in [2.75, 3.05) is 5.75 Å². The molecule has 188 valence electrons. The fourth-order valence-electron chi connectivity index (χ4n) is 4.29. The second-order valence-corrected chi connectivity index (χ2v) is 10.6. The third-order valence-electron chi connectivity index (χ3n) is 6.15. The highest BCUT2D eigenvalue weighted by molar-refractivity contribution is 7.99. The van der Waals surface area contributed by atoms with E-state index in [-0.39, 0.29) is 22.9 Å². The van der Waals surface area contributed by atoms with Gasteiger partial charge in [-0.2, -0.15) is 5.10 Å². The van der Waals surface area contributed by atoms with Crippen LogP contribution in [0.4, 0.5) is 5.69 Å². The van der Waals surface area contributed by atoms with E-state index in [2.05, 4.69) is 10.5 Å². The van der Waals surface area contributed by atoms with Crippen LogP contribution < -0.4 is 11.0 Å². The van der Waals surface area contributed by atoms with Crippen molar-refractivity contribution in [3.8, 4) is 5.69 Å². The summed E-state index contributed by atoms with van der Waals surface area (Å²) in [7, 11) is 0. The fourth-order valence-corrected chi connectivity index (χ4v) is 6.39. The van der Waals surface area contributed by atoms with E-state index in [1.807, 2.05) is 30.3 Å². The Morgan fingerprint density at radius 2 is 1.89 bits per heavy atom. The van der Waals surface area contributed by atoms with Gasteiger partial charge < -0.3 is 0 Å². The van der Waals surface area contributed by atoms with Crippen molar-refractivity contribution in [1.29, 1.82) is 0 Å². The molecule has 0 saturated carbocycles. The lowest BCUT2D eigenvalue weighted by Gasteiger charge is -2.13. The number of non-ortho nitro benzene ring substituents is 1. The highest BCUT2D eigenvalue weighted by Gasteiger charge is 2.23. The molecule has 0 radical (unpaired) electrons. The van der Waals surface area contributed by atoms with Crippen LogP contribution in [0.2, 0.25) is 0 Å². The van der Waals surface area contributed by atoms with Crippen molar-refractivity contribution in [3.63, 3.8) is 0 Å². The molecule has 37 heavy (non-hydrogen) atoms. The molecule has 9 nitrogen and oxygen atoms in total. The number of nitrogens with zero attached hydrogens (tertiary/aromatic N) is 4. The highest BCUT2D eigenvalue weighted by atomic mass is 32.2. The lowest BCUT2D eigenvalue weighted by Crippen LogP contribution is -2.24. The first kappa shape index (κ1) is 24.8. The van der Waals surface area contributed by atoms with Crippen LogP contribution in [0.1, 0.15) is 35.8 Å². The smallest absolute Gasteiger partial charge is 0.269 e. The number of thiophene rings is 1. The Morgan fingerprint density at radius 3 is 2.62 bits per heavy atom. The fraction of sp³-hybridized carbons (Fsp3) is 0.231. The van der Waals surface area contributed by atoms with Crippen LogP contribution in [0.25, 0.3) is 15.9 Å². The maximum Gasteiger partial charge on any atom is 0.269 e. The summed E-state index contributed by atoms with van der Waals surface area (Å²) in [5.74, 6) is -0.349. The molecule has 0 atom stereocenters. The Balaban J connectivity index is 1.39. The molecule has 0 fully saturated rings. The van der Waals surface area contributed by atoms with Gasteiger partial charge in [-0.15, -0.1) is 11.3 Å². The van der Waals surface area contributed by atoms with E-state index in [9.17, 15) is 19.7 Å². The topological polar surface area (TPSA) is 119 Å². The van der Waals surface area contributed by atoms with Crippen LogP contribution in [0.15, 0.2) is 69.6 Å². The number of carbonyl (C=O) groups is 1. The van der Waals surface area contributed by atoms with Crippen LogP contribution in [-0.2, 0) is 17.6 Å². The van der Waals surface area contributed by atoms with Crippen molar-refractivity contribution in [1.82, 2.24) is 15.0 Å². The Bertz CT molecular complexity index is 1580. The van der Waals surface area contributed by atoms with Gasteiger partial charge in [0.05, 0.1) is 27.5 Å². The Hall–Kier alpha value is -3.83. The van der Waals surface area contributed by atoms with Gasteiger partial charge in [-0.25, -0.2) is 10.4 Å². The first-order valence-electron chi connectivity index (χ1n) is 11.8. The minimum Gasteiger partial charge on any atom is -0.272 e. The molecular formula is C26H23N5O4S2. The standard InChI is InChI=1S/C26H23N5O4S2/c1-16(17-11-13-19(14-12-17)31(34)35)28-29-22(32)15-36-26-27-24-23(20-9-5-6-10-21(20)37-24)25(33)30(26)18-7-3-2-4-8-18/h2-4,7-8,11-14H,5-6,9-10,15H2,1H3,(H,29,32)/b28-16-. The van der Waals surface area contributed by atoms with Crippen molar-refractivity contribution >= 4 is 50.6 Å². The third-order valence-corrected chi connectivity index (χ3v) is 8.27.